The highest BCUT2D eigenvalue weighted by molar-refractivity contribution is 7.26. The number of rotatable bonds is 4. The van der Waals surface area contributed by atoms with Gasteiger partial charge in [-0.05, 0) is 69.1 Å². The van der Waals surface area contributed by atoms with Crippen LogP contribution in [0.15, 0.2) is 146 Å². The minimum atomic E-state index is 0.910. The van der Waals surface area contributed by atoms with Gasteiger partial charge in [-0.25, -0.2) is 4.98 Å². The molecule has 40 heavy (non-hydrogen) atoms. The van der Waals surface area contributed by atoms with Gasteiger partial charge in [-0.3, -0.25) is 4.90 Å². The topological polar surface area (TPSA) is 16.1 Å². The molecule has 0 bridgehead atoms. The number of benzene rings is 6. The average Bonchev–Trinajstić information content (AvgIpc) is 3.40. The second kappa shape index (κ2) is 9.33. The molecule has 0 spiro atoms. The SMILES string of the molecule is c1ccc(N(c2ccc(-c3ccc4ccccc4c3)cc2)c2cc3sc4c5ccccc5ccc4c3cn2)cc1. The van der Waals surface area contributed by atoms with Gasteiger partial charge in [-0.1, -0.05) is 103 Å². The van der Waals surface area contributed by atoms with E-state index in [4.69, 9.17) is 4.98 Å². The Kier molecular flexibility index (Phi) is 5.35. The molecule has 0 aliphatic heterocycles. The molecule has 0 aliphatic carbocycles. The Morgan fingerprint density at radius 2 is 1.15 bits per heavy atom. The van der Waals surface area contributed by atoms with E-state index in [0.29, 0.717) is 0 Å². The van der Waals surface area contributed by atoms with Crippen LogP contribution in [-0.4, -0.2) is 4.98 Å². The number of thiophene rings is 1. The van der Waals surface area contributed by atoms with Gasteiger partial charge in [0.1, 0.15) is 5.82 Å². The zero-order valence-electron chi connectivity index (χ0n) is 21.7. The molecule has 0 saturated heterocycles. The Morgan fingerprint density at radius 1 is 0.475 bits per heavy atom. The fraction of sp³-hybridized carbons (Fsp3) is 0. The van der Waals surface area contributed by atoms with E-state index < -0.39 is 0 Å². The van der Waals surface area contributed by atoms with E-state index in [0.717, 1.165) is 17.2 Å². The van der Waals surface area contributed by atoms with Crippen molar-refractivity contribution in [3.8, 4) is 11.1 Å². The normalized spacial score (nSPS) is 11.5. The Bertz CT molecular complexity index is 2160. The van der Waals surface area contributed by atoms with Gasteiger partial charge in [0.2, 0.25) is 0 Å². The molecule has 2 aromatic heterocycles. The number of fused-ring (bicyclic) bond motifs is 6. The van der Waals surface area contributed by atoms with E-state index in [1.807, 2.05) is 17.5 Å². The maximum atomic E-state index is 5.01. The molecule has 188 valence electrons. The lowest BCUT2D eigenvalue weighted by molar-refractivity contribution is 1.19. The zero-order chi connectivity index (χ0) is 26.5. The second-order valence-corrected chi connectivity index (χ2v) is 11.1. The molecule has 0 amide bonds. The van der Waals surface area contributed by atoms with E-state index in [1.54, 1.807) is 0 Å². The third-order valence-electron chi connectivity index (χ3n) is 7.69. The fourth-order valence-corrected chi connectivity index (χ4v) is 6.91. The Balaban J connectivity index is 1.24. The van der Waals surface area contributed by atoms with Gasteiger partial charge in [0.25, 0.3) is 0 Å². The summed E-state index contributed by atoms with van der Waals surface area (Å²) in [6, 6.07) is 49.8. The van der Waals surface area contributed by atoms with Crippen LogP contribution in [0.2, 0.25) is 0 Å². The first kappa shape index (κ1) is 22.9. The Hall–Kier alpha value is -4.99. The van der Waals surface area contributed by atoms with Crippen molar-refractivity contribution in [3.63, 3.8) is 0 Å². The number of hydrogen-bond acceptors (Lipinski definition) is 3. The molecular formula is C37H24N2S. The largest absolute Gasteiger partial charge is 0.295 e. The van der Waals surface area contributed by atoms with Gasteiger partial charge in [-0.15, -0.1) is 11.3 Å². The lowest BCUT2D eigenvalue weighted by Gasteiger charge is -2.24. The molecule has 0 saturated carbocycles. The van der Waals surface area contributed by atoms with Crippen molar-refractivity contribution >= 4 is 70.2 Å². The minimum Gasteiger partial charge on any atom is -0.295 e. The summed E-state index contributed by atoms with van der Waals surface area (Å²) in [5.74, 6) is 0.910. The predicted octanol–water partition coefficient (Wildman–Crippen LogP) is 10.9. The van der Waals surface area contributed by atoms with Crippen LogP contribution in [0.5, 0.6) is 0 Å². The predicted molar refractivity (Wildman–Crippen MR) is 172 cm³/mol. The molecule has 2 heterocycles. The van der Waals surface area contributed by atoms with E-state index in [9.17, 15) is 0 Å². The minimum absolute atomic E-state index is 0.910. The molecule has 0 unspecified atom stereocenters. The number of anilines is 3. The van der Waals surface area contributed by atoms with E-state index in [1.165, 1.54) is 52.8 Å². The summed E-state index contributed by atoms with van der Waals surface area (Å²) in [6.45, 7) is 0. The van der Waals surface area contributed by atoms with Crippen LogP contribution in [-0.2, 0) is 0 Å². The number of pyridine rings is 1. The van der Waals surface area contributed by atoms with Crippen LogP contribution < -0.4 is 4.90 Å². The van der Waals surface area contributed by atoms with Crippen molar-refractivity contribution in [1.29, 1.82) is 0 Å². The number of aromatic nitrogens is 1. The lowest BCUT2D eigenvalue weighted by atomic mass is 10.0. The molecule has 0 atom stereocenters. The third kappa shape index (κ3) is 3.83. The fourth-order valence-electron chi connectivity index (χ4n) is 5.67. The van der Waals surface area contributed by atoms with Crippen molar-refractivity contribution in [2.24, 2.45) is 0 Å². The van der Waals surface area contributed by atoms with Crippen molar-refractivity contribution in [2.45, 2.75) is 0 Å². The molecule has 0 fully saturated rings. The summed E-state index contributed by atoms with van der Waals surface area (Å²) in [7, 11) is 0. The summed E-state index contributed by atoms with van der Waals surface area (Å²) in [5, 5.41) is 7.55. The molecular weight excluding hydrogens is 504 g/mol. The van der Waals surface area contributed by atoms with E-state index in [2.05, 4.69) is 144 Å². The van der Waals surface area contributed by atoms with Gasteiger partial charge >= 0.3 is 0 Å². The molecule has 8 rings (SSSR count). The van der Waals surface area contributed by atoms with Crippen molar-refractivity contribution in [1.82, 2.24) is 4.98 Å². The molecule has 8 aromatic rings. The first-order valence-electron chi connectivity index (χ1n) is 13.5. The van der Waals surface area contributed by atoms with Crippen molar-refractivity contribution in [3.05, 3.63) is 146 Å². The molecule has 3 heteroatoms. The van der Waals surface area contributed by atoms with Gasteiger partial charge < -0.3 is 0 Å². The van der Waals surface area contributed by atoms with Crippen LogP contribution in [0.25, 0.3) is 52.8 Å². The van der Waals surface area contributed by atoms with E-state index in [-0.39, 0.29) is 0 Å². The molecule has 0 N–H and O–H groups in total. The van der Waals surface area contributed by atoms with Crippen LogP contribution in [0.3, 0.4) is 0 Å². The van der Waals surface area contributed by atoms with Crippen molar-refractivity contribution in [2.75, 3.05) is 4.90 Å². The summed E-state index contributed by atoms with van der Waals surface area (Å²) in [5.41, 5.74) is 4.57. The summed E-state index contributed by atoms with van der Waals surface area (Å²) in [4.78, 5) is 7.25. The van der Waals surface area contributed by atoms with Gasteiger partial charge in [-0.2, -0.15) is 0 Å². The Labute approximate surface area is 236 Å². The van der Waals surface area contributed by atoms with E-state index >= 15 is 0 Å². The number of para-hydroxylation sites is 1. The summed E-state index contributed by atoms with van der Waals surface area (Å²) in [6.07, 6.45) is 2.04. The highest BCUT2D eigenvalue weighted by atomic mass is 32.1. The van der Waals surface area contributed by atoms with Crippen LogP contribution in [0.1, 0.15) is 0 Å². The van der Waals surface area contributed by atoms with Crippen molar-refractivity contribution < 1.29 is 0 Å². The lowest BCUT2D eigenvalue weighted by Crippen LogP contribution is -2.11. The summed E-state index contributed by atoms with van der Waals surface area (Å²) >= 11 is 1.85. The van der Waals surface area contributed by atoms with Crippen LogP contribution in [0.4, 0.5) is 17.2 Å². The first-order valence-corrected chi connectivity index (χ1v) is 14.3. The Morgan fingerprint density at radius 3 is 2.00 bits per heavy atom. The number of nitrogens with zero attached hydrogens (tertiary/aromatic N) is 2. The van der Waals surface area contributed by atoms with Crippen LogP contribution in [0, 0.1) is 0 Å². The highest BCUT2D eigenvalue weighted by Crippen LogP contribution is 2.41. The maximum absolute atomic E-state index is 5.01. The first-order chi connectivity index (χ1) is 19.8. The monoisotopic (exact) mass is 528 g/mol. The third-order valence-corrected chi connectivity index (χ3v) is 8.89. The standard InChI is InChI=1S/C37H24N2S/c1-2-11-30(12-3-1)39(31-19-16-26(17-20-31)29-15-14-25-8-4-5-10-28(25)22-29)36-23-35-34(24-38-36)33-21-18-27-9-6-7-13-32(27)37(33)40-35/h1-24H. The average molecular weight is 529 g/mol. The summed E-state index contributed by atoms with van der Waals surface area (Å²) < 4.78 is 2.56. The number of hydrogen-bond donors (Lipinski definition) is 0. The molecule has 0 radical (unpaired) electrons. The molecule has 6 aromatic carbocycles. The van der Waals surface area contributed by atoms with Gasteiger partial charge in [0.15, 0.2) is 0 Å². The highest BCUT2D eigenvalue weighted by Gasteiger charge is 2.16. The zero-order valence-corrected chi connectivity index (χ0v) is 22.5. The van der Waals surface area contributed by atoms with Gasteiger partial charge in [0.05, 0.1) is 0 Å². The smallest absolute Gasteiger partial charge is 0.138 e. The molecule has 2 nitrogen and oxygen atoms in total. The quantitative estimate of drug-likeness (QED) is 0.226. The van der Waals surface area contributed by atoms with Crippen LogP contribution >= 0.6 is 11.3 Å². The second-order valence-electron chi connectivity index (χ2n) is 10.1. The molecule has 0 aliphatic rings. The maximum Gasteiger partial charge on any atom is 0.138 e. The van der Waals surface area contributed by atoms with Gasteiger partial charge in [0, 0.05) is 37.7 Å².